The maximum atomic E-state index is 12.8. The molecule has 0 unspecified atom stereocenters. The van der Waals surface area contributed by atoms with E-state index in [2.05, 4.69) is 5.32 Å². The van der Waals surface area contributed by atoms with Gasteiger partial charge in [-0.05, 0) is 36.4 Å². The molecule has 1 N–H and O–H groups in total. The number of halogens is 1. The molecule has 0 saturated carbocycles. The summed E-state index contributed by atoms with van der Waals surface area (Å²) in [6.45, 7) is 0.736. The molecule has 0 radical (unpaired) electrons. The molecule has 0 aliphatic carbocycles. The third-order valence-corrected chi connectivity index (χ3v) is 2.86. The number of hydrogen-bond acceptors (Lipinski definition) is 3. The quantitative estimate of drug-likeness (QED) is 0.911. The Morgan fingerprint density at radius 3 is 2.55 bits per heavy atom. The molecule has 1 aromatic carbocycles. The maximum absolute atomic E-state index is 12.8. The van der Waals surface area contributed by atoms with Crippen molar-refractivity contribution in [2.75, 3.05) is 20.6 Å². The van der Waals surface area contributed by atoms with Gasteiger partial charge in [-0.3, -0.25) is 4.79 Å². The number of benzene rings is 1. The minimum Gasteiger partial charge on any atom is -0.460 e. The molecule has 2 rings (SSSR count). The van der Waals surface area contributed by atoms with Crippen LogP contribution in [0.1, 0.15) is 5.76 Å². The summed E-state index contributed by atoms with van der Waals surface area (Å²) >= 11 is 0. The first-order valence-electron chi connectivity index (χ1n) is 6.32. The van der Waals surface area contributed by atoms with Gasteiger partial charge >= 0.3 is 0 Å². The number of carbonyl (C=O) groups excluding carboxylic acids is 1. The smallest absolute Gasteiger partial charge is 0.236 e. The van der Waals surface area contributed by atoms with Crippen molar-refractivity contribution in [2.24, 2.45) is 0 Å². The highest BCUT2D eigenvalue weighted by molar-refractivity contribution is 5.77. The van der Waals surface area contributed by atoms with Crippen LogP contribution in [0, 0.1) is 5.82 Å². The largest absolute Gasteiger partial charge is 0.460 e. The molecule has 0 aliphatic rings. The molecule has 0 aliphatic heterocycles. The third kappa shape index (κ3) is 3.68. The van der Waals surface area contributed by atoms with Crippen molar-refractivity contribution in [1.82, 2.24) is 10.2 Å². The monoisotopic (exact) mass is 276 g/mol. The Hall–Kier alpha value is -2.14. The molecule has 0 atom stereocenters. The molecule has 5 heteroatoms. The lowest BCUT2D eigenvalue weighted by Crippen LogP contribution is -2.32. The van der Waals surface area contributed by atoms with Crippen LogP contribution < -0.4 is 5.32 Å². The summed E-state index contributed by atoms with van der Waals surface area (Å²) in [6.07, 6.45) is 0. The molecule has 0 bridgehead atoms. The summed E-state index contributed by atoms with van der Waals surface area (Å²) in [5.41, 5.74) is 0.821. The number of hydrogen-bond donors (Lipinski definition) is 1. The summed E-state index contributed by atoms with van der Waals surface area (Å²) in [5, 5.41) is 3.01. The van der Waals surface area contributed by atoms with E-state index in [1.54, 1.807) is 26.2 Å². The Morgan fingerprint density at radius 1 is 1.20 bits per heavy atom. The fourth-order valence-electron chi connectivity index (χ4n) is 1.69. The predicted octanol–water partition coefficient (Wildman–Crippen LogP) is 2.26. The van der Waals surface area contributed by atoms with Crippen LogP contribution in [-0.2, 0) is 11.3 Å². The number of nitrogens with zero attached hydrogens (tertiary/aromatic N) is 1. The second kappa shape index (κ2) is 6.34. The second-order valence-corrected chi connectivity index (χ2v) is 4.66. The van der Waals surface area contributed by atoms with E-state index in [4.69, 9.17) is 4.42 Å². The average molecular weight is 276 g/mol. The van der Waals surface area contributed by atoms with E-state index in [9.17, 15) is 9.18 Å². The minimum atomic E-state index is -0.274. The van der Waals surface area contributed by atoms with E-state index in [0.29, 0.717) is 12.3 Å². The zero-order valence-electron chi connectivity index (χ0n) is 11.5. The number of furan rings is 1. The number of nitrogens with one attached hydrogen (secondary N) is 1. The molecule has 0 fully saturated rings. The lowest BCUT2D eigenvalue weighted by Gasteiger charge is -2.09. The predicted molar refractivity (Wildman–Crippen MR) is 74.5 cm³/mol. The van der Waals surface area contributed by atoms with Gasteiger partial charge in [-0.15, -0.1) is 0 Å². The summed E-state index contributed by atoms with van der Waals surface area (Å²) in [7, 11) is 3.42. The van der Waals surface area contributed by atoms with Gasteiger partial charge in [0.2, 0.25) is 5.91 Å². The summed E-state index contributed by atoms with van der Waals surface area (Å²) in [6, 6.07) is 9.79. The Morgan fingerprint density at radius 2 is 1.90 bits per heavy atom. The van der Waals surface area contributed by atoms with Gasteiger partial charge in [0.15, 0.2) is 0 Å². The van der Waals surface area contributed by atoms with Crippen molar-refractivity contribution in [2.45, 2.75) is 6.54 Å². The van der Waals surface area contributed by atoms with Gasteiger partial charge in [0.25, 0.3) is 0 Å². The maximum Gasteiger partial charge on any atom is 0.236 e. The van der Waals surface area contributed by atoms with E-state index in [1.165, 1.54) is 17.0 Å². The Labute approximate surface area is 117 Å². The molecule has 106 valence electrons. The zero-order valence-corrected chi connectivity index (χ0v) is 11.5. The van der Waals surface area contributed by atoms with Crippen LogP contribution >= 0.6 is 0 Å². The van der Waals surface area contributed by atoms with E-state index in [1.807, 2.05) is 12.1 Å². The lowest BCUT2D eigenvalue weighted by molar-refractivity contribution is -0.127. The SMILES string of the molecule is CN(C)C(=O)CNCc1ccc(-c2ccc(F)cc2)o1. The zero-order chi connectivity index (χ0) is 14.5. The first-order chi connectivity index (χ1) is 9.56. The molecule has 0 saturated heterocycles. The van der Waals surface area contributed by atoms with Gasteiger partial charge in [-0.25, -0.2) is 4.39 Å². The summed E-state index contributed by atoms with van der Waals surface area (Å²) in [5.74, 6) is 1.15. The highest BCUT2D eigenvalue weighted by atomic mass is 19.1. The second-order valence-electron chi connectivity index (χ2n) is 4.66. The van der Waals surface area contributed by atoms with Crippen molar-refractivity contribution < 1.29 is 13.6 Å². The minimum absolute atomic E-state index is 0.00955. The lowest BCUT2D eigenvalue weighted by atomic mass is 10.2. The van der Waals surface area contributed by atoms with Crippen molar-refractivity contribution in [1.29, 1.82) is 0 Å². The summed E-state index contributed by atoms with van der Waals surface area (Å²) < 4.78 is 18.5. The molecule has 1 heterocycles. The van der Waals surface area contributed by atoms with Gasteiger partial charge in [-0.2, -0.15) is 0 Å². The van der Waals surface area contributed by atoms with E-state index >= 15 is 0 Å². The Bertz CT molecular complexity index is 576. The highest BCUT2D eigenvalue weighted by Gasteiger charge is 2.06. The van der Waals surface area contributed by atoms with Gasteiger partial charge in [-0.1, -0.05) is 0 Å². The van der Waals surface area contributed by atoms with Crippen LogP contribution in [-0.4, -0.2) is 31.4 Å². The van der Waals surface area contributed by atoms with Gasteiger partial charge in [0, 0.05) is 19.7 Å². The van der Waals surface area contributed by atoms with Crippen molar-refractivity contribution >= 4 is 5.91 Å². The fourth-order valence-corrected chi connectivity index (χ4v) is 1.69. The van der Waals surface area contributed by atoms with E-state index in [0.717, 1.165) is 11.3 Å². The highest BCUT2D eigenvalue weighted by Crippen LogP contribution is 2.22. The number of carbonyl (C=O) groups is 1. The molecule has 0 spiro atoms. The number of likely N-dealkylation sites (N-methyl/N-ethyl adjacent to an activating group) is 1. The van der Waals surface area contributed by atoms with Crippen molar-refractivity contribution in [3.8, 4) is 11.3 Å². The standard InChI is InChI=1S/C15H17FN2O2/c1-18(2)15(19)10-17-9-13-7-8-14(20-13)11-3-5-12(16)6-4-11/h3-8,17H,9-10H2,1-2H3. The third-order valence-electron chi connectivity index (χ3n) is 2.86. The van der Waals surface area contributed by atoms with Crippen LogP contribution in [0.2, 0.25) is 0 Å². The van der Waals surface area contributed by atoms with Crippen LogP contribution in [0.5, 0.6) is 0 Å². The normalized spacial score (nSPS) is 10.6. The van der Waals surface area contributed by atoms with E-state index < -0.39 is 0 Å². The molecular formula is C15H17FN2O2. The van der Waals surface area contributed by atoms with Crippen LogP contribution in [0.25, 0.3) is 11.3 Å². The molecular weight excluding hydrogens is 259 g/mol. The first-order valence-corrected chi connectivity index (χ1v) is 6.32. The first kappa shape index (κ1) is 14.3. The Balaban J connectivity index is 1.92. The number of amides is 1. The average Bonchev–Trinajstić information content (AvgIpc) is 2.88. The molecule has 1 aromatic heterocycles. The van der Waals surface area contributed by atoms with Crippen LogP contribution in [0.15, 0.2) is 40.8 Å². The van der Waals surface area contributed by atoms with Gasteiger partial charge < -0.3 is 14.6 Å². The summed E-state index contributed by atoms with van der Waals surface area (Å²) in [4.78, 5) is 12.9. The molecule has 4 nitrogen and oxygen atoms in total. The van der Waals surface area contributed by atoms with Crippen LogP contribution in [0.4, 0.5) is 4.39 Å². The van der Waals surface area contributed by atoms with E-state index in [-0.39, 0.29) is 18.3 Å². The molecule has 1 amide bonds. The van der Waals surface area contributed by atoms with Gasteiger partial charge in [0.1, 0.15) is 17.3 Å². The van der Waals surface area contributed by atoms with Crippen LogP contribution in [0.3, 0.4) is 0 Å². The number of rotatable bonds is 5. The topological polar surface area (TPSA) is 45.5 Å². The molecule has 2 aromatic rings. The molecule has 20 heavy (non-hydrogen) atoms. The van der Waals surface area contributed by atoms with Crippen molar-refractivity contribution in [3.63, 3.8) is 0 Å². The van der Waals surface area contributed by atoms with Gasteiger partial charge in [0.05, 0.1) is 13.1 Å². The Kier molecular flexibility index (Phi) is 4.53. The van der Waals surface area contributed by atoms with Crippen molar-refractivity contribution in [3.05, 3.63) is 48.0 Å². The fraction of sp³-hybridized carbons (Fsp3) is 0.267.